The van der Waals surface area contributed by atoms with Gasteiger partial charge in [0.1, 0.15) is 12.1 Å². The zero-order chi connectivity index (χ0) is 28.4. The Morgan fingerprint density at radius 2 is 1.82 bits per heavy atom. The highest BCUT2D eigenvalue weighted by Crippen LogP contribution is 2.28. The number of anilines is 1. The minimum Gasteiger partial charge on any atom is -0.406 e. The maximum Gasteiger partial charge on any atom is 0.573 e. The zero-order valence-electron chi connectivity index (χ0n) is 21.8. The molecule has 2 aromatic heterocycles. The molecular weight excluding hydrogens is 537 g/mol. The number of fused-ring (bicyclic) bond motifs is 3. The van der Waals surface area contributed by atoms with Crippen LogP contribution in [0.1, 0.15) is 36.6 Å². The van der Waals surface area contributed by atoms with Gasteiger partial charge in [-0.05, 0) is 90.8 Å². The number of aryl methyl sites for hydroxylation is 1. The third-order valence-corrected chi connectivity index (χ3v) is 6.39. The van der Waals surface area contributed by atoms with Crippen molar-refractivity contribution in [3.8, 4) is 11.4 Å². The summed E-state index contributed by atoms with van der Waals surface area (Å²) in [5.74, 6) is 0.0542. The topological polar surface area (TPSA) is 76.4 Å². The number of pyridine rings is 1. The van der Waals surface area contributed by atoms with E-state index in [1.54, 1.807) is 29.2 Å². The molecule has 40 heavy (non-hydrogen) atoms. The van der Waals surface area contributed by atoms with Crippen molar-refractivity contribution in [2.75, 3.05) is 5.32 Å². The van der Waals surface area contributed by atoms with Crippen LogP contribution in [0.2, 0.25) is 0 Å². The summed E-state index contributed by atoms with van der Waals surface area (Å²) >= 11 is 5.42. The molecule has 0 spiro atoms. The standard InChI is InChI=1S/C29H25F3N6OS/c1-17(2)22-10-4-18(3)14-25(22)36-28(40)37-34-15-19-5-11-23-24(35-19)12-13-26-27(23)33-16-38(26)20-6-8-21(9-7-20)39-29(30,31)32/h4-17H,1-3H3,(H2,36,37,40)/b34-15+. The predicted molar refractivity (Wildman–Crippen MR) is 155 cm³/mol. The smallest absolute Gasteiger partial charge is 0.406 e. The fourth-order valence-corrected chi connectivity index (χ4v) is 4.54. The van der Waals surface area contributed by atoms with Gasteiger partial charge in [0.05, 0.1) is 28.5 Å². The molecule has 0 atom stereocenters. The lowest BCUT2D eigenvalue weighted by Gasteiger charge is -2.15. The van der Waals surface area contributed by atoms with Gasteiger partial charge in [-0.15, -0.1) is 13.2 Å². The quantitative estimate of drug-likeness (QED) is 0.129. The molecule has 2 heterocycles. The fraction of sp³-hybridized carbons (Fsp3) is 0.172. The number of halogens is 3. The first kappa shape index (κ1) is 27.1. The lowest BCUT2D eigenvalue weighted by Crippen LogP contribution is -2.24. The van der Waals surface area contributed by atoms with Crippen molar-refractivity contribution in [2.24, 2.45) is 5.10 Å². The molecule has 0 saturated heterocycles. The number of hydrazone groups is 1. The Bertz CT molecular complexity index is 1730. The molecule has 0 saturated carbocycles. The maximum atomic E-state index is 12.5. The lowest BCUT2D eigenvalue weighted by atomic mass is 9.99. The second kappa shape index (κ2) is 10.9. The molecule has 204 valence electrons. The second-order valence-corrected chi connectivity index (χ2v) is 9.87. The van der Waals surface area contributed by atoms with E-state index < -0.39 is 6.36 Å². The molecule has 0 radical (unpaired) electrons. The average Bonchev–Trinajstić information content (AvgIpc) is 3.32. The minimum absolute atomic E-state index is 0.286. The lowest BCUT2D eigenvalue weighted by molar-refractivity contribution is -0.274. The Kier molecular flexibility index (Phi) is 7.40. The fourth-order valence-electron chi connectivity index (χ4n) is 4.38. The van der Waals surface area contributed by atoms with Gasteiger partial charge in [-0.2, -0.15) is 5.10 Å². The Morgan fingerprint density at radius 3 is 2.55 bits per heavy atom. The van der Waals surface area contributed by atoms with E-state index in [-0.39, 0.29) is 5.75 Å². The molecule has 0 unspecified atom stereocenters. The number of rotatable bonds is 6. The van der Waals surface area contributed by atoms with Crippen molar-refractivity contribution in [1.82, 2.24) is 20.0 Å². The highest BCUT2D eigenvalue weighted by Gasteiger charge is 2.31. The molecule has 0 bridgehead atoms. The van der Waals surface area contributed by atoms with E-state index in [0.717, 1.165) is 33.2 Å². The van der Waals surface area contributed by atoms with Gasteiger partial charge in [0.2, 0.25) is 0 Å². The second-order valence-electron chi connectivity index (χ2n) is 9.46. The molecule has 0 aliphatic carbocycles. The summed E-state index contributed by atoms with van der Waals surface area (Å²) in [6.07, 6.45) is -1.54. The van der Waals surface area contributed by atoms with Crippen molar-refractivity contribution < 1.29 is 17.9 Å². The number of thiocarbonyl (C=S) groups is 1. The van der Waals surface area contributed by atoms with E-state index in [9.17, 15) is 13.2 Å². The summed E-state index contributed by atoms with van der Waals surface area (Å²) in [6, 6.07) is 19.3. The average molecular weight is 563 g/mol. The maximum absolute atomic E-state index is 12.5. The molecule has 0 fully saturated rings. The van der Waals surface area contributed by atoms with Gasteiger partial charge < -0.3 is 10.1 Å². The summed E-state index contributed by atoms with van der Waals surface area (Å²) in [7, 11) is 0. The van der Waals surface area contributed by atoms with Crippen LogP contribution in [0.25, 0.3) is 27.6 Å². The van der Waals surface area contributed by atoms with Crippen LogP contribution >= 0.6 is 12.2 Å². The Balaban J connectivity index is 1.31. The summed E-state index contributed by atoms with van der Waals surface area (Å²) < 4.78 is 43.2. The van der Waals surface area contributed by atoms with Crippen LogP contribution in [0, 0.1) is 6.92 Å². The van der Waals surface area contributed by atoms with Crippen LogP contribution in [0.3, 0.4) is 0 Å². The molecular formula is C29H25F3N6OS. The van der Waals surface area contributed by atoms with Crippen molar-refractivity contribution in [3.05, 3.63) is 89.9 Å². The van der Waals surface area contributed by atoms with Crippen molar-refractivity contribution in [1.29, 1.82) is 0 Å². The summed E-state index contributed by atoms with van der Waals surface area (Å²) in [5.41, 5.74) is 9.58. The normalized spacial score (nSPS) is 12.0. The monoisotopic (exact) mass is 562 g/mol. The Morgan fingerprint density at radius 1 is 1.05 bits per heavy atom. The largest absolute Gasteiger partial charge is 0.573 e. The van der Waals surface area contributed by atoms with Gasteiger partial charge in [-0.1, -0.05) is 26.0 Å². The number of hydrogen-bond acceptors (Lipinski definition) is 5. The van der Waals surface area contributed by atoms with Gasteiger partial charge in [0, 0.05) is 16.8 Å². The first-order chi connectivity index (χ1) is 19.1. The van der Waals surface area contributed by atoms with E-state index >= 15 is 0 Å². The van der Waals surface area contributed by atoms with Crippen molar-refractivity contribution in [2.45, 2.75) is 33.1 Å². The number of ether oxygens (including phenoxy) is 1. The van der Waals surface area contributed by atoms with Crippen molar-refractivity contribution in [3.63, 3.8) is 0 Å². The molecule has 2 N–H and O–H groups in total. The number of imidazole rings is 1. The molecule has 11 heteroatoms. The van der Waals surface area contributed by atoms with Crippen LogP contribution < -0.4 is 15.5 Å². The number of nitrogens with one attached hydrogen (secondary N) is 2. The SMILES string of the molecule is Cc1ccc(C(C)C)c(NC(=S)N/N=C/c2ccc3c(ccc4c3ncn4-c3ccc(OC(F)(F)F)cc3)n2)c1. The minimum atomic E-state index is -4.74. The van der Waals surface area contributed by atoms with E-state index in [4.69, 9.17) is 12.2 Å². The first-order valence-electron chi connectivity index (χ1n) is 12.4. The molecule has 7 nitrogen and oxygen atoms in total. The molecule has 5 aromatic rings. The summed E-state index contributed by atoms with van der Waals surface area (Å²) in [6.45, 7) is 6.28. The number of aromatic nitrogens is 3. The molecule has 5 rings (SSSR count). The number of benzene rings is 3. The summed E-state index contributed by atoms with van der Waals surface area (Å²) in [4.78, 5) is 9.18. The summed E-state index contributed by atoms with van der Waals surface area (Å²) in [5, 5.41) is 8.65. The number of nitrogens with zero attached hydrogens (tertiary/aromatic N) is 4. The van der Waals surface area contributed by atoms with E-state index in [2.05, 4.69) is 62.6 Å². The third kappa shape index (κ3) is 6.04. The van der Waals surface area contributed by atoms with Crippen LogP contribution in [-0.2, 0) is 0 Å². The van der Waals surface area contributed by atoms with Gasteiger partial charge in [0.25, 0.3) is 0 Å². The van der Waals surface area contributed by atoms with E-state index in [1.807, 2.05) is 31.2 Å². The number of alkyl halides is 3. The predicted octanol–water partition coefficient (Wildman–Crippen LogP) is 7.22. The number of hydrogen-bond donors (Lipinski definition) is 2. The van der Waals surface area contributed by atoms with E-state index in [1.165, 1.54) is 12.1 Å². The Labute approximate surface area is 233 Å². The third-order valence-electron chi connectivity index (χ3n) is 6.20. The van der Waals surface area contributed by atoms with Gasteiger partial charge in [-0.25, -0.2) is 9.97 Å². The van der Waals surface area contributed by atoms with Crippen LogP contribution in [-0.4, -0.2) is 32.2 Å². The molecule has 0 aliphatic rings. The highest BCUT2D eigenvalue weighted by atomic mass is 32.1. The molecule has 0 amide bonds. The van der Waals surface area contributed by atoms with Crippen LogP contribution in [0.5, 0.6) is 5.75 Å². The van der Waals surface area contributed by atoms with Gasteiger partial charge in [-0.3, -0.25) is 9.99 Å². The van der Waals surface area contributed by atoms with Gasteiger partial charge >= 0.3 is 6.36 Å². The highest BCUT2D eigenvalue weighted by molar-refractivity contribution is 7.80. The van der Waals surface area contributed by atoms with Crippen LogP contribution in [0.4, 0.5) is 18.9 Å². The molecule has 3 aromatic carbocycles. The first-order valence-corrected chi connectivity index (χ1v) is 12.8. The Hall–Kier alpha value is -4.51. The van der Waals surface area contributed by atoms with Crippen LogP contribution in [0.15, 0.2) is 78.2 Å². The van der Waals surface area contributed by atoms with E-state index in [0.29, 0.717) is 27.9 Å². The van der Waals surface area contributed by atoms with Crippen molar-refractivity contribution >= 4 is 51.2 Å². The molecule has 0 aliphatic heterocycles. The zero-order valence-corrected chi connectivity index (χ0v) is 22.6. The van der Waals surface area contributed by atoms with Gasteiger partial charge in [0.15, 0.2) is 5.11 Å².